The van der Waals surface area contributed by atoms with E-state index in [1.165, 1.54) is 16.8 Å². The normalized spacial score (nSPS) is 16.5. The molecule has 0 aromatic carbocycles. The quantitative estimate of drug-likeness (QED) is 0.832. The first-order valence-electron chi connectivity index (χ1n) is 7.54. The van der Waals surface area contributed by atoms with Crippen molar-refractivity contribution >= 4 is 17.8 Å². The van der Waals surface area contributed by atoms with Crippen molar-refractivity contribution in [3.05, 3.63) is 46.5 Å². The summed E-state index contributed by atoms with van der Waals surface area (Å²) in [6.45, 7) is 13.8. The molecule has 1 N–H and O–H groups in total. The molecule has 112 valence electrons. The van der Waals surface area contributed by atoms with E-state index in [-0.39, 0.29) is 0 Å². The summed E-state index contributed by atoms with van der Waals surface area (Å²) in [6, 6.07) is 0. The molecule has 3 nitrogen and oxygen atoms in total. The summed E-state index contributed by atoms with van der Waals surface area (Å²) in [6.07, 6.45) is 6.62. The molecular formula is C18H24N2O. The van der Waals surface area contributed by atoms with E-state index in [1.807, 2.05) is 0 Å². The number of aliphatic hydroxyl groups excluding tert-OH is 1. The Balaban J connectivity index is 2.76. The van der Waals surface area contributed by atoms with Crippen LogP contribution in [0.2, 0.25) is 0 Å². The SMILES string of the molecule is C=Cc1nc2c(c(CC)c1/C=C(\C)O)CN(CC)/C2=C\C. The molecule has 0 spiro atoms. The Labute approximate surface area is 127 Å². The van der Waals surface area contributed by atoms with Gasteiger partial charge in [-0.3, -0.25) is 0 Å². The minimum atomic E-state index is 0.297. The van der Waals surface area contributed by atoms with E-state index in [1.54, 1.807) is 19.1 Å². The van der Waals surface area contributed by atoms with Crippen molar-refractivity contribution in [2.24, 2.45) is 0 Å². The molecule has 21 heavy (non-hydrogen) atoms. The lowest BCUT2D eigenvalue weighted by Crippen LogP contribution is -2.14. The third-order valence-electron chi connectivity index (χ3n) is 3.97. The van der Waals surface area contributed by atoms with E-state index in [2.05, 4.69) is 38.3 Å². The molecular weight excluding hydrogens is 260 g/mol. The van der Waals surface area contributed by atoms with E-state index in [0.717, 1.165) is 36.5 Å². The van der Waals surface area contributed by atoms with Crippen molar-refractivity contribution < 1.29 is 5.11 Å². The summed E-state index contributed by atoms with van der Waals surface area (Å²) in [4.78, 5) is 7.14. The highest BCUT2D eigenvalue weighted by Gasteiger charge is 2.28. The molecule has 1 aromatic rings. The Morgan fingerprint density at radius 3 is 2.62 bits per heavy atom. The van der Waals surface area contributed by atoms with Crippen molar-refractivity contribution in [3.8, 4) is 0 Å². The van der Waals surface area contributed by atoms with Gasteiger partial charge in [0.05, 0.1) is 22.8 Å². The molecule has 1 aliphatic heterocycles. The van der Waals surface area contributed by atoms with Crippen LogP contribution in [0.5, 0.6) is 0 Å². The first-order chi connectivity index (χ1) is 10.1. The van der Waals surface area contributed by atoms with Crippen LogP contribution >= 0.6 is 0 Å². The van der Waals surface area contributed by atoms with Crippen LogP contribution in [-0.4, -0.2) is 21.5 Å². The van der Waals surface area contributed by atoms with Gasteiger partial charge in [0.25, 0.3) is 0 Å². The number of nitrogens with zero attached hydrogens (tertiary/aromatic N) is 2. The molecule has 0 fully saturated rings. The van der Waals surface area contributed by atoms with Crippen LogP contribution in [0.15, 0.2) is 18.4 Å². The van der Waals surface area contributed by atoms with Gasteiger partial charge in [-0.2, -0.15) is 0 Å². The molecule has 0 amide bonds. The van der Waals surface area contributed by atoms with E-state index in [9.17, 15) is 5.11 Å². The lowest BCUT2D eigenvalue weighted by atomic mass is 9.96. The van der Waals surface area contributed by atoms with Gasteiger partial charge in [-0.1, -0.05) is 19.6 Å². The van der Waals surface area contributed by atoms with Gasteiger partial charge in [0.2, 0.25) is 0 Å². The van der Waals surface area contributed by atoms with E-state index in [4.69, 9.17) is 4.98 Å². The minimum Gasteiger partial charge on any atom is -0.513 e. The monoisotopic (exact) mass is 284 g/mol. The van der Waals surface area contributed by atoms with Crippen molar-refractivity contribution in [2.75, 3.05) is 6.54 Å². The maximum Gasteiger partial charge on any atom is 0.0920 e. The second-order valence-corrected chi connectivity index (χ2v) is 5.25. The number of aliphatic hydroxyl groups is 1. The van der Waals surface area contributed by atoms with Gasteiger partial charge in [-0.15, -0.1) is 0 Å². The zero-order chi connectivity index (χ0) is 15.6. The smallest absolute Gasteiger partial charge is 0.0920 e. The lowest BCUT2D eigenvalue weighted by Gasteiger charge is -2.16. The average molecular weight is 284 g/mol. The molecule has 0 unspecified atom stereocenters. The van der Waals surface area contributed by atoms with Crippen molar-refractivity contribution in [1.82, 2.24) is 9.88 Å². The predicted octanol–water partition coefficient (Wildman–Crippen LogP) is 4.40. The van der Waals surface area contributed by atoms with Crippen LogP contribution in [0.3, 0.4) is 0 Å². The van der Waals surface area contributed by atoms with Crippen LogP contribution < -0.4 is 0 Å². The fraction of sp³-hybridized carbons (Fsp3) is 0.389. The van der Waals surface area contributed by atoms with Crippen LogP contribution in [0.4, 0.5) is 0 Å². The topological polar surface area (TPSA) is 36.4 Å². The summed E-state index contributed by atoms with van der Waals surface area (Å²) in [5.41, 5.74) is 6.65. The maximum atomic E-state index is 9.67. The standard InChI is InChI=1S/C18H24N2O/c1-6-13-14(10-12(5)21)16(7-2)19-18-15(13)11-20(9-4)17(18)8-3/h7-8,10,21H,2,6,9,11H2,1,3-5H3/b12-10+,17-8-. The summed E-state index contributed by atoms with van der Waals surface area (Å²) in [5, 5.41) is 9.67. The second kappa shape index (κ2) is 6.17. The van der Waals surface area contributed by atoms with Crippen LogP contribution in [0, 0.1) is 0 Å². The van der Waals surface area contributed by atoms with Gasteiger partial charge in [0.15, 0.2) is 0 Å². The molecule has 0 saturated heterocycles. The molecule has 3 heteroatoms. The summed E-state index contributed by atoms with van der Waals surface area (Å²) >= 11 is 0. The summed E-state index contributed by atoms with van der Waals surface area (Å²) in [5.74, 6) is 0.297. The minimum absolute atomic E-state index is 0.297. The Morgan fingerprint density at radius 2 is 2.14 bits per heavy atom. The molecule has 0 atom stereocenters. The first kappa shape index (κ1) is 15.4. The van der Waals surface area contributed by atoms with Gasteiger partial charge < -0.3 is 10.0 Å². The number of rotatable bonds is 4. The van der Waals surface area contributed by atoms with E-state index < -0.39 is 0 Å². The molecule has 0 aliphatic carbocycles. The van der Waals surface area contributed by atoms with Gasteiger partial charge in [0.1, 0.15) is 0 Å². The number of aromatic nitrogens is 1. The lowest BCUT2D eigenvalue weighted by molar-refractivity contribution is 0.419. The Kier molecular flexibility index (Phi) is 4.51. The molecule has 0 radical (unpaired) electrons. The highest BCUT2D eigenvalue weighted by molar-refractivity contribution is 5.75. The van der Waals surface area contributed by atoms with Gasteiger partial charge in [0, 0.05) is 24.2 Å². The fourth-order valence-electron chi connectivity index (χ4n) is 3.05. The average Bonchev–Trinajstić information content (AvgIpc) is 2.82. The van der Waals surface area contributed by atoms with Gasteiger partial charge in [-0.05, 0) is 44.9 Å². The fourth-order valence-corrected chi connectivity index (χ4v) is 3.05. The second-order valence-electron chi connectivity index (χ2n) is 5.25. The number of allylic oxidation sites excluding steroid dienone is 2. The molecule has 2 heterocycles. The number of pyridine rings is 1. The Hall–Kier alpha value is -2.03. The van der Waals surface area contributed by atoms with Crippen LogP contribution in [0.25, 0.3) is 17.8 Å². The zero-order valence-corrected chi connectivity index (χ0v) is 13.4. The van der Waals surface area contributed by atoms with Crippen molar-refractivity contribution in [2.45, 2.75) is 40.7 Å². The highest BCUT2D eigenvalue weighted by Crippen LogP contribution is 2.36. The van der Waals surface area contributed by atoms with E-state index >= 15 is 0 Å². The summed E-state index contributed by atoms with van der Waals surface area (Å²) < 4.78 is 0. The first-order valence-corrected chi connectivity index (χ1v) is 7.54. The zero-order valence-electron chi connectivity index (χ0n) is 13.4. The molecule has 2 rings (SSSR count). The highest BCUT2D eigenvalue weighted by atomic mass is 16.3. The van der Waals surface area contributed by atoms with Gasteiger partial charge >= 0.3 is 0 Å². The van der Waals surface area contributed by atoms with Crippen molar-refractivity contribution in [3.63, 3.8) is 0 Å². The number of hydrogen-bond donors (Lipinski definition) is 1. The molecule has 1 aliphatic rings. The largest absolute Gasteiger partial charge is 0.513 e. The third-order valence-corrected chi connectivity index (χ3v) is 3.97. The van der Waals surface area contributed by atoms with Crippen LogP contribution in [-0.2, 0) is 13.0 Å². The molecule has 0 saturated carbocycles. The predicted molar refractivity (Wildman–Crippen MR) is 89.7 cm³/mol. The van der Waals surface area contributed by atoms with Gasteiger partial charge in [-0.25, -0.2) is 4.98 Å². The Morgan fingerprint density at radius 1 is 1.43 bits per heavy atom. The van der Waals surface area contributed by atoms with Crippen LogP contribution in [0.1, 0.15) is 55.8 Å². The van der Waals surface area contributed by atoms with E-state index in [0.29, 0.717) is 5.76 Å². The summed E-state index contributed by atoms with van der Waals surface area (Å²) in [7, 11) is 0. The molecule has 0 bridgehead atoms. The van der Waals surface area contributed by atoms with Crippen molar-refractivity contribution in [1.29, 1.82) is 0 Å². The number of hydrogen-bond acceptors (Lipinski definition) is 3. The number of fused-ring (bicyclic) bond motifs is 1. The molecule has 1 aromatic heterocycles. The maximum absolute atomic E-state index is 9.67. The Bertz CT molecular complexity index is 623. The third kappa shape index (κ3) is 2.60.